The maximum atomic E-state index is 12.8. The molecule has 3 rings (SSSR count). The number of nitrogens with two attached hydrogens (primary N) is 1. The van der Waals surface area contributed by atoms with Crippen LogP contribution >= 0.6 is 0 Å². The Morgan fingerprint density at radius 1 is 1.10 bits per heavy atom. The number of hydrogen-bond acceptors (Lipinski definition) is 6. The Morgan fingerprint density at radius 3 is 2.32 bits per heavy atom. The first kappa shape index (κ1) is 22.6. The molecule has 0 aromatic heterocycles. The molecule has 0 saturated heterocycles. The van der Waals surface area contributed by atoms with Crippen molar-refractivity contribution in [2.45, 2.75) is 16.8 Å². The minimum Gasteiger partial charge on any atom is -0.477 e. The molecule has 0 atom stereocenters. The van der Waals surface area contributed by atoms with Crippen molar-refractivity contribution in [1.82, 2.24) is 0 Å². The minimum absolute atomic E-state index is 0.0216. The molecule has 0 unspecified atom stereocenters. The van der Waals surface area contributed by atoms with Crippen LogP contribution < -0.4 is 15.2 Å². The molecular weight excluding hydrogens is 463 g/mol. The molecule has 1 aliphatic heterocycles. The maximum absolute atomic E-state index is 12.8. The van der Waals surface area contributed by atoms with Crippen molar-refractivity contribution in [3.05, 3.63) is 59.3 Å². The lowest BCUT2D eigenvalue weighted by Crippen LogP contribution is -2.31. The van der Waals surface area contributed by atoms with Gasteiger partial charge in [-0.15, -0.1) is 0 Å². The largest absolute Gasteiger partial charge is 0.516 e. The van der Waals surface area contributed by atoms with Gasteiger partial charge < -0.3 is 10.4 Å². The number of sulfonamides is 2. The van der Waals surface area contributed by atoms with Gasteiger partial charge in [0, 0.05) is 12.1 Å². The van der Waals surface area contributed by atoms with E-state index in [4.69, 9.17) is 5.14 Å². The van der Waals surface area contributed by atoms with E-state index in [9.17, 15) is 39.9 Å². The summed E-state index contributed by atoms with van der Waals surface area (Å²) < 4.78 is 86.2. The molecule has 166 valence electrons. The summed E-state index contributed by atoms with van der Waals surface area (Å²) in [6, 6.07) is 9.38. The molecule has 2 aromatic rings. The van der Waals surface area contributed by atoms with Crippen molar-refractivity contribution >= 4 is 43.0 Å². The predicted octanol–water partition coefficient (Wildman–Crippen LogP) is 2.06. The van der Waals surface area contributed by atoms with Crippen molar-refractivity contribution in [3.8, 4) is 0 Å². The number of rotatable bonds is 5. The Kier molecular flexibility index (Phi) is 5.50. The monoisotopic (exact) mass is 477 g/mol. The summed E-state index contributed by atoms with van der Waals surface area (Å²) in [7, 11) is -10.6. The number of hydrogen-bond donors (Lipinski definition) is 4. The number of halogens is 3. The van der Waals surface area contributed by atoms with E-state index in [1.54, 1.807) is 24.3 Å². The zero-order valence-corrected chi connectivity index (χ0v) is 16.9. The quantitative estimate of drug-likeness (QED) is 0.514. The number of benzene rings is 2. The van der Waals surface area contributed by atoms with E-state index in [0.717, 1.165) is 18.2 Å². The van der Waals surface area contributed by atoms with Crippen molar-refractivity contribution < 1.29 is 39.9 Å². The predicted molar refractivity (Wildman–Crippen MR) is 105 cm³/mol. The molecular formula is C17H14F3N3O6S2. The molecule has 9 nitrogen and oxygen atoms in total. The normalized spacial score (nSPS) is 14.6. The Bertz CT molecular complexity index is 1320. The summed E-state index contributed by atoms with van der Waals surface area (Å²) in [5.74, 6) is -1.38. The van der Waals surface area contributed by atoms with Gasteiger partial charge in [-0.2, -0.15) is 21.6 Å². The van der Waals surface area contributed by atoms with E-state index in [1.165, 1.54) is 4.72 Å². The third-order valence-electron chi connectivity index (χ3n) is 4.34. The van der Waals surface area contributed by atoms with Crippen LogP contribution in [0.5, 0.6) is 0 Å². The lowest BCUT2D eigenvalue weighted by Gasteiger charge is -2.23. The standard InChI is InChI=1S/C17H14F3N3O6S2/c18-17(19,20)31(28,29)23-13-8-9(5-6-14(13)30(21,26)27)11-7-10-3-1-2-4-12(10)22-15(11)16(24)25/h1-6,8,22-23H,7H2,(H,24,25)(H2,21,26,27). The third kappa shape index (κ3) is 4.50. The molecule has 31 heavy (non-hydrogen) atoms. The fourth-order valence-electron chi connectivity index (χ4n) is 2.96. The molecule has 0 aliphatic carbocycles. The number of carboxylic acids is 1. The summed E-state index contributed by atoms with van der Waals surface area (Å²) in [4.78, 5) is 10.8. The van der Waals surface area contributed by atoms with Gasteiger partial charge in [-0.05, 0) is 34.9 Å². The van der Waals surface area contributed by atoms with E-state index in [-0.39, 0.29) is 23.3 Å². The summed E-state index contributed by atoms with van der Waals surface area (Å²) in [5.41, 5.74) is -5.75. The van der Waals surface area contributed by atoms with E-state index in [0.29, 0.717) is 11.3 Å². The van der Waals surface area contributed by atoms with Gasteiger partial charge in [0.2, 0.25) is 10.0 Å². The summed E-state index contributed by atoms with van der Waals surface area (Å²) in [5, 5.41) is 17.2. The Hall–Kier alpha value is -3.10. The number of aliphatic carboxylic acids is 1. The lowest BCUT2D eigenvalue weighted by atomic mass is 9.92. The van der Waals surface area contributed by atoms with Crippen molar-refractivity contribution in [3.63, 3.8) is 0 Å². The topological polar surface area (TPSA) is 156 Å². The number of primary sulfonamides is 1. The molecule has 1 aliphatic rings. The van der Waals surface area contributed by atoms with Crippen LogP contribution in [-0.2, 0) is 31.3 Å². The lowest BCUT2D eigenvalue weighted by molar-refractivity contribution is -0.132. The van der Waals surface area contributed by atoms with Gasteiger partial charge >= 0.3 is 21.5 Å². The molecule has 0 saturated carbocycles. The number of nitrogens with one attached hydrogen (secondary N) is 2. The van der Waals surface area contributed by atoms with Crippen LogP contribution in [0, 0.1) is 0 Å². The average Bonchev–Trinajstić information content (AvgIpc) is 2.64. The molecule has 1 heterocycles. The van der Waals surface area contributed by atoms with Gasteiger partial charge in [-0.3, -0.25) is 4.72 Å². The summed E-state index contributed by atoms with van der Waals surface area (Å²) >= 11 is 0. The van der Waals surface area contributed by atoms with E-state index < -0.39 is 42.1 Å². The second kappa shape index (κ2) is 7.55. The highest BCUT2D eigenvalue weighted by molar-refractivity contribution is 7.93. The van der Waals surface area contributed by atoms with E-state index >= 15 is 0 Å². The first-order chi connectivity index (χ1) is 14.2. The number of carbonyl (C=O) groups is 1. The number of anilines is 2. The first-order valence-electron chi connectivity index (χ1n) is 8.28. The molecule has 0 amide bonds. The van der Waals surface area contributed by atoms with Gasteiger partial charge in [-0.25, -0.2) is 18.4 Å². The fraction of sp³-hybridized carbons (Fsp3) is 0.118. The number of para-hydroxylation sites is 1. The molecule has 0 bridgehead atoms. The van der Waals surface area contributed by atoms with Crippen molar-refractivity contribution in [1.29, 1.82) is 0 Å². The van der Waals surface area contributed by atoms with Crippen LogP contribution in [0.4, 0.5) is 24.5 Å². The van der Waals surface area contributed by atoms with Gasteiger partial charge in [0.25, 0.3) is 0 Å². The number of alkyl halides is 3. The van der Waals surface area contributed by atoms with Gasteiger partial charge in [0.05, 0.1) is 5.69 Å². The maximum Gasteiger partial charge on any atom is 0.516 e. The van der Waals surface area contributed by atoms with E-state index in [2.05, 4.69) is 5.32 Å². The SMILES string of the molecule is NS(=O)(=O)c1ccc(C2=C(C(=O)O)Nc3ccccc3C2)cc1NS(=O)(=O)C(F)(F)F. The minimum atomic E-state index is -5.98. The molecule has 2 aromatic carbocycles. The van der Waals surface area contributed by atoms with Crippen LogP contribution in [0.15, 0.2) is 53.1 Å². The number of fused-ring (bicyclic) bond motifs is 1. The van der Waals surface area contributed by atoms with Gasteiger partial charge in [-0.1, -0.05) is 24.3 Å². The molecule has 14 heteroatoms. The highest BCUT2D eigenvalue weighted by atomic mass is 32.2. The van der Waals surface area contributed by atoms with E-state index in [1.807, 2.05) is 0 Å². The zero-order valence-electron chi connectivity index (χ0n) is 15.3. The van der Waals surface area contributed by atoms with Crippen LogP contribution in [0.2, 0.25) is 0 Å². The fourth-order valence-corrected chi connectivity index (χ4v) is 4.28. The van der Waals surface area contributed by atoms with Gasteiger partial charge in [0.15, 0.2) is 0 Å². The molecule has 0 spiro atoms. The van der Waals surface area contributed by atoms with Crippen molar-refractivity contribution in [2.24, 2.45) is 5.14 Å². The number of carboxylic acid groups (broad SMARTS) is 1. The Balaban J connectivity index is 2.19. The number of allylic oxidation sites excluding steroid dienone is 1. The van der Waals surface area contributed by atoms with Crippen molar-refractivity contribution in [2.75, 3.05) is 10.0 Å². The molecule has 0 radical (unpaired) electrons. The highest BCUT2D eigenvalue weighted by Crippen LogP contribution is 2.36. The third-order valence-corrected chi connectivity index (χ3v) is 6.41. The first-order valence-corrected chi connectivity index (χ1v) is 11.3. The van der Waals surface area contributed by atoms with Gasteiger partial charge in [0.1, 0.15) is 10.6 Å². The highest BCUT2D eigenvalue weighted by Gasteiger charge is 2.46. The Morgan fingerprint density at radius 2 is 1.74 bits per heavy atom. The Labute approximate surface area is 174 Å². The van der Waals surface area contributed by atoms with Crippen LogP contribution in [0.3, 0.4) is 0 Å². The second-order valence-electron chi connectivity index (χ2n) is 6.42. The summed E-state index contributed by atoms with van der Waals surface area (Å²) in [6.07, 6.45) is 0.0327. The van der Waals surface area contributed by atoms with Crippen LogP contribution in [0.1, 0.15) is 11.1 Å². The summed E-state index contributed by atoms with van der Waals surface area (Å²) in [6.45, 7) is 0. The zero-order chi connectivity index (χ0) is 23.2. The van der Waals surface area contributed by atoms with Crippen LogP contribution in [0.25, 0.3) is 5.57 Å². The molecule has 5 N–H and O–H groups in total. The smallest absolute Gasteiger partial charge is 0.477 e. The van der Waals surface area contributed by atoms with Crippen LogP contribution in [-0.4, -0.2) is 33.4 Å². The molecule has 0 fully saturated rings. The average molecular weight is 477 g/mol. The second-order valence-corrected chi connectivity index (χ2v) is 9.63.